The third-order valence-corrected chi connectivity index (χ3v) is 4.76. The van der Waals surface area contributed by atoms with Gasteiger partial charge >= 0.3 is 0 Å². The lowest BCUT2D eigenvalue weighted by Crippen LogP contribution is -2.30. The topological polar surface area (TPSA) is 68.5 Å². The van der Waals surface area contributed by atoms with E-state index >= 15 is 0 Å². The number of halogens is 2. The minimum absolute atomic E-state index is 0.0840. The van der Waals surface area contributed by atoms with Crippen molar-refractivity contribution in [1.29, 1.82) is 0 Å². The number of carbonyl (C=O) groups excluding carboxylic acids is 1. The smallest absolute Gasteiger partial charge is 0.254 e. The van der Waals surface area contributed by atoms with Crippen molar-refractivity contribution < 1.29 is 22.8 Å². The average molecular weight is 385 g/mol. The van der Waals surface area contributed by atoms with Crippen molar-refractivity contribution in [2.75, 3.05) is 13.7 Å². The molecule has 28 heavy (non-hydrogen) atoms. The number of methoxy groups -OCH3 is 1. The third-order valence-electron chi connectivity index (χ3n) is 4.76. The summed E-state index contributed by atoms with van der Waals surface area (Å²) in [6.07, 6.45) is 1.40. The summed E-state index contributed by atoms with van der Waals surface area (Å²) >= 11 is 0. The van der Waals surface area contributed by atoms with Crippen LogP contribution in [0.4, 0.5) is 8.78 Å². The number of nitrogens with zero attached hydrogens (tertiary/aromatic N) is 3. The first-order chi connectivity index (χ1) is 13.6. The number of ether oxygens (including phenoxy) is 1. The van der Waals surface area contributed by atoms with E-state index in [0.717, 1.165) is 24.1 Å². The third kappa shape index (κ3) is 3.33. The zero-order chi connectivity index (χ0) is 19.7. The molecule has 2 heterocycles. The summed E-state index contributed by atoms with van der Waals surface area (Å²) in [6.45, 7) is 0.475. The first kappa shape index (κ1) is 18.1. The van der Waals surface area contributed by atoms with Gasteiger partial charge in [-0.2, -0.15) is 4.98 Å². The van der Waals surface area contributed by atoms with Crippen LogP contribution in [0.25, 0.3) is 11.4 Å². The molecule has 1 saturated heterocycles. The minimum Gasteiger partial charge on any atom is -0.497 e. The molecule has 1 aromatic heterocycles. The fourth-order valence-corrected chi connectivity index (χ4v) is 3.29. The normalized spacial score (nSPS) is 16.4. The van der Waals surface area contributed by atoms with E-state index < -0.39 is 23.6 Å². The number of aromatic nitrogens is 2. The lowest BCUT2D eigenvalue weighted by molar-refractivity contribution is 0.0709. The Hall–Kier alpha value is -3.29. The average Bonchev–Trinajstić information content (AvgIpc) is 3.39. The highest BCUT2D eigenvalue weighted by Gasteiger charge is 2.34. The fourth-order valence-electron chi connectivity index (χ4n) is 3.29. The first-order valence-corrected chi connectivity index (χ1v) is 8.81. The number of amides is 1. The van der Waals surface area contributed by atoms with E-state index in [1.54, 1.807) is 24.1 Å². The number of hydrogen-bond acceptors (Lipinski definition) is 5. The number of benzene rings is 2. The molecule has 8 heteroatoms. The Morgan fingerprint density at radius 3 is 2.68 bits per heavy atom. The maximum Gasteiger partial charge on any atom is 0.254 e. The van der Waals surface area contributed by atoms with Gasteiger partial charge in [-0.05, 0) is 55.3 Å². The van der Waals surface area contributed by atoms with Gasteiger partial charge in [-0.15, -0.1) is 0 Å². The van der Waals surface area contributed by atoms with Crippen LogP contribution in [0, 0.1) is 11.6 Å². The van der Waals surface area contributed by atoms with Crippen LogP contribution in [0.3, 0.4) is 0 Å². The van der Waals surface area contributed by atoms with Gasteiger partial charge in [0.05, 0.1) is 7.11 Å². The highest BCUT2D eigenvalue weighted by Crippen LogP contribution is 2.33. The van der Waals surface area contributed by atoms with Gasteiger partial charge in [0.2, 0.25) is 11.7 Å². The number of likely N-dealkylation sites (tertiary alicyclic amines) is 1. The number of rotatable bonds is 4. The molecule has 1 fully saturated rings. The molecule has 144 valence electrons. The predicted molar refractivity (Wildman–Crippen MR) is 95.7 cm³/mol. The van der Waals surface area contributed by atoms with Crippen LogP contribution in [-0.2, 0) is 0 Å². The highest BCUT2D eigenvalue weighted by molar-refractivity contribution is 5.94. The van der Waals surface area contributed by atoms with Crippen LogP contribution in [0.2, 0.25) is 0 Å². The van der Waals surface area contributed by atoms with Gasteiger partial charge in [0.25, 0.3) is 5.91 Å². The van der Waals surface area contributed by atoms with Gasteiger partial charge in [-0.3, -0.25) is 4.79 Å². The Morgan fingerprint density at radius 1 is 1.18 bits per heavy atom. The van der Waals surface area contributed by atoms with Crippen molar-refractivity contribution in [1.82, 2.24) is 15.0 Å². The van der Waals surface area contributed by atoms with E-state index in [0.29, 0.717) is 30.4 Å². The number of carbonyl (C=O) groups is 1. The molecule has 0 N–H and O–H groups in total. The van der Waals surface area contributed by atoms with Crippen molar-refractivity contribution in [3.8, 4) is 17.1 Å². The van der Waals surface area contributed by atoms with Gasteiger partial charge in [-0.25, -0.2) is 8.78 Å². The molecule has 0 radical (unpaired) electrons. The Labute approximate surface area is 159 Å². The molecule has 1 amide bonds. The van der Waals surface area contributed by atoms with Crippen molar-refractivity contribution in [3.63, 3.8) is 0 Å². The molecule has 3 aromatic rings. The molecular weight excluding hydrogens is 368 g/mol. The lowest BCUT2D eigenvalue weighted by Gasteiger charge is -2.21. The molecule has 2 aromatic carbocycles. The van der Waals surface area contributed by atoms with E-state index in [4.69, 9.17) is 9.26 Å². The largest absolute Gasteiger partial charge is 0.497 e. The lowest BCUT2D eigenvalue weighted by atomic mass is 10.1. The van der Waals surface area contributed by atoms with Crippen molar-refractivity contribution in [3.05, 3.63) is 65.6 Å². The Bertz CT molecular complexity index is 1000. The van der Waals surface area contributed by atoms with Crippen molar-refractivity contribution in [2.45, 2.75) is 18.9 Å². The van der Waals surface area contributed by atoms with Crippen LogP contribution < -0.4 is 4.74 Å². The Morgan fingerprint density at radius 2 is 1.96 bits per heavy atom. The van der Waals surface area contributed by atoms with Crippen LogP contribution in [0.1, 0.15) is 35.1 Å². The van der Waals surface area contributed by atoms with E-state index in [-0.39, 0.29) is 5.56 Å². The van der Waals surface area contributed by atoms with E-state index in [9.17, 15) is 13.6 Å². The molecule has 1 aliphatic rings. The predicted octanol–water partition coefficient (Wildman–Crippen LogP) is 4.00. The Kier molecular flexibility index (Phi) is 4.77. The summed E-state index contributed by atoms with van der Waals surface area (Å²) in [4.78, 5) is 18.8. The summed E-state index contributed by atoms with van der Waals surface area (Å²) in [5.74, 6) is -1.00. The van der Waals surface area contributed by atoms with E-state index in [1.165, 1.54) is 6.07 Å². The van der Waals surface area contributed by atoms with Crippen molar-refractivity contribution >= 4 is 5.91 Å². The molecule has 4 rings (SSSR count). The molecule has 0 spiro atoms. The zero-order valence-corrected chi connectivity index (χ0v) is 15.1. The molecule has 1 atom stereocenters. The van der Waals surface area contributed by atoms with Crippen LogP contribution in [-0.4, -0.2) is 34.6 Å². The molecule has 1 aliphatic heterocycles. The van der Waals surface area contributed by atoms with Gasteiger partial charge < -0.3 is 14.2 Å². The van der Waals surface area contributed by atoms with E-state index in [2.05, 4.69) is 10.1 Å². The molecule has 6 nitrogen and oxygen atoms in total. The second-order valence-corrected chi connectivity index (χ2v) is 6.47. The standard InChI is InChI=1S/C20H17F2N3O3/c1-27-14-7-4-12(5-8-14)18-23-19(28-24-18)17-3-2-10-25(17)20(26)13-6-9-15(21)16(22)11-13/h4-9,11,17H,2-3,10H2,1H3. The molecule has 0 aliphatic carbocycles. The van der Waals surface area contributed by atoms with Crippen LogP contribution in [0.15, 0.2) is 47.0 Å². The van der Waals surface area contributed by atoms with Crippen LogP contribution in [0.5, 0.6) is 5.75 Å². The van der Waals surface area contributed by atoms with E-state index in [1.807, 2.05) is 12.1 Å². The quantitative estimate of drug-likeness (QED) is 0.679. The second kappa shape index (κ2) is 7.38. The molecular formula is C20H17F2N3O3. The summed E-state index contributed by atoms with van der Waals surface area (Å²) in [5, 5.41) is 4.00. The van der Waals surface area contributed by atoms with Gasteiger partial charge in [-0.1, -0.05) is 5.16 Å². The first-order valence-electron chi connectivity index (χ1n) is 8.81. The monoisotopic (exact) mass is 385 g/mol. The van der Waals surface area contributed by atoms with Crippen LogP contribution >= 0.6 is 0 Å². The molecule has 1 unspecified atom stereocenters. The summed E-state index contributed by atoms with van der Waals surface area (Å²) < 4.78 is 37.2. The summed E-state index contributed by atoms with van der Waals surface area (Å²) in [6, 6.07) is 9.93. The Balaban J connectivity index is 1.57. The maximum absolute atomic E-state index is 13.5. The zero-order valence-electron chi connectivity index (χ0n) is 15.1. The number of hydrogen-bond donors (Lipinski definition) is 0. The highest BCUT2D eigenvalue weighted by atomic mass is 19.2. The molecule has 0 bridgehead atoms. The van der Waals surface area contributed by atoms with Gasteiger partial charge in [0.1, 0.15) is 11.8 Å². The summed E-state index contributed by atoms with van der Waals surface area (Å²) in [5.41, 5.74) is 0.841. The van der Waals surface area contributed by atoms with Gasteiger partial charge in [0.15, 0.2) is 11.6 Å². The minimum atomic E-state index is -1.05. The fraction of sp³-hybridized carbons (Fsp3) is 0.250. The maximum atomic E-state index is 13.5. The SMILES string of the molecule is COc1ccc(-c2noc(C3CCCN3C(=O)c3ccc(F)c(F)c3)n2)cc1. The summed E-state index contributed by atoms with van der Waals surface area (Å²) in [7, 11) is 1.58. The second-order valence-electron chi connectivity index (χ2n) is 6.47. The molecule has 0 saturated carbocycles. The van der Waals surface area contributed by atoms with Gasteiger partial charge in [0, 0.05) is 17.7 Å². The van der Waals surface area contributed by atoms with Crippen molar-refractivity contribution in [2.24, 2.45) is 0 Å².